The monoisotopic (exact) mass is 471 g/mol. The number of rotatable bonds is 3. The van der Waals surface area contributed by atoms with E-state index in [1.165, 1.54) is 11.3 Å². The Kier molecular flexibility index (Phi) is 4.89. The summed E-state index contributed by atoms with van der Waals surface area (Å²) in [5, 5.41) is 14.6. The molecule has 1 amide bonds. The number of thiophene rings is 1. The van der Waals surface area contributed by atoms with Crippen LogP contribution in [0, 0.1) is 0 Å². The highest BCUT2D eigenvalue weighted by molar-refractivity contribution is 7.19. The third-order valence-electron chi connectivity index (χ3n) is 6.34. The highest BCUT2D eigenvalue weighted by Gasteiger charge is 2.40. The SMILES string of the molecule is O=C(C1Cc2cc(Cl)cc(-c3ccnc4cc(C5(O)COC5)sc34)c2O1)N1CCNCC1. The average Bonchev–Trinajstić information content (AvgIpc) is 3.41. The van der Waals surface area contributed by atoms with Crippen LogP contribution in [0.2, 0.25) is 5.02 Å². The zero-order valence-electron chi connectivity index (χ0n) is 17.3. The molecule has 0 saturated carbocycles. The van der Waals surface area contributed by atoms with Gasteiger partial charge in [0.1, 0.15) is 11.4 Å². The number of aliphatic hydroxyl groups is 1. The second-order valence-electron chi connectivity index (χ2n) is 8.54. The number of pyridine rings is 1. The molecule has 0 bridgehead atoms. The number of fused-ring (bicyclic) bond motifs is 2. The molecule has 3 aromatic rings. The lowest BCUT2D eigenvalue weighted by Crippen LogP contribution is -2.50. The van der Waals surface area contributed by atoms with E-state index >= 15 is 0 Å². The van der Waals surface area contributed by atoms with Gasteiger partial charge >= 0.3 is 0 Å². The number of carbonyl (C=O) groups excluding carboxylic acids is 1. The minimum atomic E-state index is -0.948. The van der Waals surface area contributed by atoms with Gasteiger partial charge in [-0.3, -0.25) is 9.78 Å². The molecule has 5 heterocycles. The lowest BCUT2D eigenvalue weighted by molar-refractivity contribution is -0.182. The summed E-state index contributed by atoms with van der Waals surface area (Å²) in [5.41, 5.74) is 2.58. The fourth-order valence-corrected chi connectivity index (χ4v) is 6.01. The molecule has 32 heavy (non-hydrogen) atoms. The molecular formula is C23H22ClN3O4S. The summed E-state index contributed by atoms with van der Waals surface area (Å²) in [7, 11) is 0. The van der Waals surface area contributed by atoms with Crippen LogP contribution in [-0.4, -0.2) is 66.4 Å². The zero-order valence-corrected chi connectivity index (χ0v) is 18.8. The molecule has 166 valence electrons. The molecule has 2 saturated heterocycles. The van der Waals surface area contributed by atoms with Crippen molar-refractivity contribution in [2.24, 2.45) is 0 Å². The Morgan fingerprint density at radius 2 is 2.06 bits per heavy atom. The van der Waals surface area contributed by atoms with E-state index in [1.807, 2.05) is 29.2 Å². The Balaban J connectivity index is 1.39. The van der Waals surface area contributed by atoms with Crippen LogP contribution in [0.15, 0.2) is 30.5 Å². The van der Waals surface area contributed by atoms with Crippen molar-refractivity contribution in [1.82, 2.24) is 15.2 Å². The van der Waals surface area contributed by atoms with Crippen LogP contribution in [0.4, 0.5) is 0 Å². The van der Waals surface area contributed by atoms with Crippen LogP contribution >= 0.6 is 22.9 Å². The van der Waals surface area contributed by atoms with Gasteiger partial charge in [-0.15, -0.1) is 11.3 Å². The second kappa shape index (κ2) is 7.67. The first kappa shape index (κ1) is 20.4. The van der Waals surface area contributed by atoms with E-state index in [-0.39, 0.29) is 5.91 Å². The van der Waals surface area contributed by atoms with Crippen molar-refractivity contribution in [3.05, 3.63) is 45.9 Å². The number of ether oxygens (including phenoxy) is 2. The van der Waals surface area contributed by atoms with Crippen LogP contribution < -0.4 is 10.1 Å². The van der Waals surface area contributed by atoms with Gasteiger partial charge in [0.05, 0.1) is 23.4 Å². The predicted octanol–water partition coefficient (Wildman–Crippen LogP) is 2.57. The molecule has 1 atom stereocenters. The second-order valence-corrected chi connectivity index (χ2v) is 10.0. The number of amides is 1. The van der Waals surface area contributed by atoms with Crippen molar-refractivity contribution < 1.29 is 19.4 Å². The average molecular weight is 472 g/mol. The van der Waals surface area contributed by atoms with Gasteiger partial charge in [-0.2, -0.15) is 0 Å². The summed E-state index contributed by atoms with van der Waals surface area (Å²) >= 11 is 8.00. The summed E-state index contributed by atoms with van der Waals surface area (Å²) in [5.74, 6) is 0.728. The van der Waals surface area contributed by atoms with Gasteiger partial charge in [0.2, 0.25) is 0 Å². The standard InChI is InChI=1S/C23H22ClN3O4S/c24-14-7-13-8-18(22(28)27-5-3-25-4-6-27)31-20(13)16(9-14)15-1-2-26-17-10-19(32-21(15)17)23(29)11-30-12-23/h1-2,7,9-10,18,25,29H,3-6,8,11-12H2. The summed E-state index contributed by atoms with van der Waals surface area (Å²) in [6.45, 7) is 3.57. The van der Waals surface area contributed by atoms with Crippen molar-refractivity contribution in [3.8, 4) is 16.9 Å². The third-order valence-corrected chi connectivity index (χ3v) is 7.91. The topological polar surface area (TPSA) is 83.9 Å². The largest absolute Gasteiger partial charge is 0.479 e. The normalized spacial score (nSPS) is 21.8. The van der Waals surface area contributed by atoms with Crippen LogP contribution in [-0.2, 0) is 21.6 Å². The summed E-state index contributed by atoms with van der Waals surface area (Å²) in [6.07, 6.45) is 1.72. The van der Waals surface area contributed by atoms with E-state index in [0.717, 1.165) is 44.9 Å². The number of aromatic nitrogens is 1. The Hall–Kier alpha value is -2.23. The van der Waals surface area contributed by atoms with Crippen molar-refractivity contribution in [3.63, 3.8) is 0 Å². The first-order valence-electron chi connectivity index (χ1n) is 10.7. The van der Waals surface area contributed by atoms with Gasteiger partial charge in [0.25, 0.3) is 5.91 Å². The smallest absolute Gasteiger partial charge is 0.264 e. The van der Waals surface area contributed by atoms with E-state index in [9.17, 15) is 9.90 Å². The van der Waals surface area contributed by atoms with Gasteiger partial charge in [0.15, 0.2) is 6.10 Å². The highest BCUT2D eigenvalue weighted by atomic mass is 35.5. The molecule has 3 aliphatic heterocycles. The van der Waals surface area contributed by atoms with Gasteiger partial charge in [-0.25, -0.2) is 0 Å². The van der Waals surface area contributed by atoms with Gasteiger partial charge in [0, 0.05) is 65.4 Å². The number of benzene rings is 1. The number of piperazine rings is 1. The molecule has 7 nitrogen and oxygen atoms in total. The van der Waals surface area contributed by atoms with Crippen LogP contribution in [0.1, 0.15) is 10.4 Å². The Labute approximate surface area is 193 Å². The lowest BCUT2D eigenvalue weighted by Gasteiger charge is -2.35. The number of nitrogens with one attached hydrogen (secondary N) is 1. The minimum absolute atomic E-state index is 0.0234. The van der Waals surface area contributed by atoms with Crippen LogP contribution in [0.5, 0.6) is 5.75 Å². The quantitative estimate of drug-likeness (QED) is 0.611. The number of hydrogen-bond donors (Lipinski definition) is 2. The van der Waals surface area contributed by atoms with E-state index in [2.05, 4.69) is 10.3 Å². The van der Waals surface area contributed by atoms with Crippen molar-refractivity contribution >= 4 is 39.1 Å². The van der Waals surface area contributed by atoms with E-state index in [0.29, 0.717) is 43.5 Å². The van der Waals surface area contributed by atoms with Crippen molar-refractivity contribution in [2.75, 3.05) is 39.4 Å². The molecule has 1 aromatic carbocycles. The Bertz CT molecular complexity index is 1220. The molecule has 1 unspecified atom stereocenters. The molecule has 0 aliphatic carbocycles. The van der Waals surface area contributed by atoms with Gasteiger partial charge in [-0.1, -0.05) is 11.6 Å². The van der Waals surface area contributed by atoms with Gasteiger partial charge in [-0.05, 0) is 24.3 Å². The number of carbonyl (C=O) groups is 1. The number of nitrogens with zero attached hydrogens (tertiary/aromatic N) is 2. The summed E-state index contributed by atoms with van der Waals surface area (Å²) in [4.78, 5) is 20.3. The molecule has 6 rings (SSSR count). The highest BCUT2D eigenvalue weighted by Crippen LogP contribution is 2.46. The minimum Gasteiger partial charge on any atom is -0.479 e. The van der Waals surface area contributed by atoms with E-state index < -0.39 is 11.7 Å². The maximum absolute atomic E-state index is 13.1. The zero-order chi connectivity index (χ0) is 21.9. The molecule has 0 radical (unpaired) electrons. The Morgan fingerprint density at radius 3 is 2.81 bits per heavy atom. The fourth-order valence-electron chi connectivity index (χ4n) is 4.57. The maximum Gasteiger partial charge on any atom is 0.264 e. The fraction of sp³-hybridized carbons (Fsp3) is 0.391. The summed E-state index contributed by atoms with van der Waals surface area (Å²) < 4.78 is 12.4. The molecular weight excluding hydrogens is 450 g/mol. The van der Waals surface area contributed by atoms with Crippen molar-refractivity contribution in [1.29, 1.82) is 0 Å². The summed E-state index contributed by atoms with van der Waals surface area (Å²) in [6, 6.07) is 7.63. The van der Waals surface area contributed by atoms with Crippen molar-refractivity contribution in [2.45, 2.75) is 18.1 Å². The molecule has 2 aromatic heterocycles. The molecule has 0 spiro atoms. The van der Waals surface area contributed by atoms with E-state index in [4.69, 9.17) is 21.1 Å². The lowest BCUT2D eigenvalue weighted by atomic mass is 9.99. The van der Waals surface area contributed by atoms with Crippen LogP contribution in [0.3, 0.4) is 0 Å². The number of halogens is 1. The number of hydrogen-bond acceptors (Lipinski definition) is 7. The molecule has 2 fully saturated rings. The first-order chi connectivity index (χ1) is 15.5. The third kappa shape index (κ3) is 3.29. The first-order valence-corrected chi connectivity index (χ1v) is 11.9. The molecule has 3 aliphatic rings. The van der Waals surface area contributed by atoms with E-state index in [1.54, 1.807) is 6.20 Å². The molecule has 9 heteroatoms. The van der Waals surface area contributed by atoms with Gasteiger partial charge < -0.3 is 24.8 Å². The maximum atomic E-state index is 13.1. The molecule has 2 N–H and O–H groups in total. The van der Waals surface area contributed by atoms with Crippen LogP contribution in [0.25, 0.3) is 21.3 Å². The Morgan fingerprint density at radius 1 is 1.25 bits per heavy atom. The predicted molar refractivity (Wildman–Crippen MR) is 122 cm³/mol.